The number of carbonyl (C=O) groups excluding carboxylic acids is 1. The third-order valence-electron chi connectivity index (χ3n) is 3.73. The lowest BCUT2D eigenvalue weighted by Gasteiger charge is -2.26. The fourth-order valence-electron chi connectivity index (χ4n) is 2.56. The van der Waals surface area contributed by atoms with Gasteiger partial charge < -0.3 is 9.47 Å². The highest BCUT2D eigenvalue weighted by Gasteiger charge is 2.36. The zero-order chi connectivity index (χ0) is 18.8. The molecule has 0 aliphatic carbocycles. The number of benzene rings is 1. The van der Waals surface area contributed by atoms with Crippen LogP contribution in [0.1, 0.15) is 37.9 Å². The van der Waals surface area contributed by atoms with Crippen molar-refractivity contribution >= 4 is 15.9 Å². The van der Waals surface area contributed by atoms with Gasteiger partial charge in [-0.3, -0.25) is 4.90 Å². The summed E-state index contributed by atoms with van der Waals surface area (Å²) in [6, 6.07) is 5.87. The first-order valence-electron chi connectivity index (χ1n) is 7.83. The lowest BCUT2D eigenvalue weighted by Crippen LogP contribution is -2.35. The van der Waals surface area contributed by atoms with Crippen LogP contribution in [0.15, 0.2) is 23.1 Å². The quantitative estimate of drug-likeness (QED) is 0.812. The molecule has 0 N–H and O–H groups in total. The fraction of sp³-hybridized carbons (Fsp3) is 0.529. The first-order valence-corrected chi connectivity index (χ1v) is 9.48. The zero-order valence-electron chi connectivity index (χ0n) is 14.8. The summed E-state index contributed by atoms with van der Waals surface area (Å²) in [7, 11) is -2.04. The minimum absolute atomic E-state index is 0.101. The van der Waals surface area contributed by atoms with Gasteiger partial charge in [-0.05, 0) is 44.0 Å². The van der Waals surface area contributed by atoms with Gasteiger partial charge in [0, 0.05) is 7.11 Å². The molecule has 7 nitrogen and oxygen atoms in total. The molecule has 0 radical (unpaired) electrons. The number of methoxy groups -OCH3 is 1. The van der Waals surface area contributed by atoms with E-state index in [1.807, 2.05) is 0 Å². The second kappa shape index (κ2) is 7.02. The van der Waals surface area contributed by atoms with Crippen LogP contribution in [0.2, 0.25) is 0 Å². The molecule has 0 aromatic heterocycles. The summed E-state index contributed by atoms with van der Waals surface area (Å²) in [5.74, 6) is -0.125. The van der Waals surface area contributed by atoms with Crippen molar-refractivity contribution in [1.82, 2.24) is 4.90 Å². The highest BCUT2D eigenvalue weighted by atomic mass is 32.2. The number of rotatable bonds is 4. The fourth-order valence-corrected chi connectivity index (χ4v) is 3.78. The largest absolute Gasteiger partial charge is 0.444 e. The molecule has 1 aromatic carbocycles. The van der Waals surface area contributed by atoms with Crippen LogP contribution in [-0.2, 0) is 25.9 Å². The summed E-state index contributed by atoms with van der Waals surface area (Å²) in [6.45, 7) is 5.47. The SMILES string of the molecule is COCCS(=O)(=O)c1ccc2c(c1)CN(C(=O)OC(C)(C)C)C2C#N. The number of ether oxygens (including phenoxy) is 2. The van der Waals surface area contributed by atoms with Gasteiger partial charge in [-0.25, -0.2) is 13.2 Å². The predicted octanol–water partition coefficient (Wildman–Crippen LogP) is 2.42. The number of hydrogen-bond donors (Lipinski definition) is 0. The highest BCUT2D eigenvalue weighted by Crippen LogP contribution is 2.35. The van der Waals surface area contributed by atoms with Crippen molar-refractivity contribution in [3.63, 3.8) is 0 Å². The van der Waals surface area contributed by atoms with Gasteiger partial charge in [-0.2, -0.15) is 5.26 Å². The molecule has 1 aromatic rings. The van der Waals surface area contributed by atoms with E-state index in [-0.39, 0.29) is 23.8 Å². The molecule has 0 bridgehead atoms. The highest BCUT2D eigenvalue weighted by molar-refractivity contribution is 7.91. The monoisotopic (exact) mass is 366 g/mol. The number of amides is 1. The van der Waals surface area contributed by atoms with Crippen LogP contribution in [0, 0.1) is 11.3 Å². The summed E-state index contributed by atoms with van der Waals surface area (Å²) in [5.41, 5.74) is 0.579. The molecule has 0 fully saturated rings. The Labute approximate surface area is 148 Å². The minimum Gasteiger partial charge on any atom is -0.444 e. The average Bonchev–Trinajstić information content (AvgIpc) is 2.89. The molecule has 1 aliphatic rings. The Morgan fingerprint density at radius 1 is 1.40 bits per heavy atom. The number of fused-ring (bicyclic) bond motifs is 1. The van der Waals surface area contributed by atoms with Crippen molar-refractivity contribution in [2.24, 2.45) is 0 Å². The molecular formula is C17H22N2O5S. The van der Waals surface area contributed by atoms with Crippen LogP contribution in [0.4, 0.5) is 4.79 Å². The molecule has 0 saturated carbocycles. The van der Waals surface area contributed by atoms with Gasteiger partial charge >= 0.3 is 6.09 Å². The van der Waals surface area contributed by atoms with Gasteiger partial charge in [0.1, 0.15) is 11.6 Å². The molecule has 1 unspecified atom stereocenters. The summed E-state index contributed by atoms with van der Waals surface area (Å²) in [5, 5.41) is 9.44. The smallest absolute Gasteiger partial charge is 0.411 e. The maximum atomic E-state index is 12.3. The van der Waals surface area contributed by atoms with E-state index < -0.39 is 27.6 Å². The molecule has 136 valence electrons. The van der Waals surface area contributed by atoms with E-state index in [4.69, 9.17) is 9.47 Å². The van der Waals surface area contributed by atoms with Crippen LogP contribution in [0.5, 0.6) is 0 Å². The topological polar surface area (TPSA) is 96.7 Å². The normalized spacial score (nSPS) is 17.1. The van der Waals surface area contributed by atoms with E-state index >= 15 is 0 Å². The zero-order valence-corrected chi connectivity index (χ0v) is 15.6. The number of nitrogens with zero attached hydrogens (tertiary/aromatic N) is 2. The van der Waals surface area contributed by atoms with Crippen molar-refractivity contribution < 1.29 is 22.7 Å². The predicted molar refractivity (Wildman–Crippen MR) is 90.5 cm³/mol. The van der Waals surface area contributed by atoms with Crippen LogP contribution >= 0.6 is 0 Å². The Balaban J connectivity index is 2.31. The van der Waals surface area contributed by atoms with Gasteiger partial charge in [0.2, 0.25) is 0 Å². The van der Waals surface area contributed by atoms with Gasteiger partial charge in [-0.15, -0.1) is 0 Å². The van der Waals surface area contributed by atoms with Crippen LogP contribution in [0.3, 0.4) is 0 Å². The molecule has 1 atom stereocenters. The Kier molecular flexibility index (Phi) is 5.40. The molecule has 1 aliphatic heterocycles. The maximum absolute atomic E-state index is 12.3. The second-order valence-corrected chi connectivity index (χ2v) is 8.92. The standard InChI is InChI=1S/C17H22N2O5S/c1-17(2,3)24-16(20)19-11-12-9-13(25(21,22)8-7-23-4)5-6-14(12)15(19)10-18/h5-6,9,15H,7-8,11H2,1-4H3. The van der Waals surface area contributed by atoms with Gasteiger partial charge in [0.25, 0.3) is 0 Å². The number of nitriles is 1. The van der Waals surface area contributed by atoms with E-state index in [9.17, 15) is 18.5 Å². The summed E-state index contributed by atoms with van der Waals surface area (Å²) < 4.78 is 34.8. The van der Waals surface area contributed by atoms with E-state index in [0.29, 0.717) is 11.1 Å². The lowest BCUT2D eigenvalue weighted by molar-refractivity contribution is 0.0213. The average molecular weight is 366 g/mol. The summed E-state index contributed by atoms with van der Waals surface area (Å²) in [6.07, 6.45) is -0.598. The van der Waals surface area contributed by atoms with Crippen molar-refractivity contribution in [2.75, 3.05) is 19.5 Å². The number of carbonyl (C=O) groups is 1. The Morgan fingerprint density at radius 3 is 2.64 bits per heavy atom. The van der Waals surface area contributed by atoms with E-state index in [0.717, 1.165) is 0 Å². The lowest BCUT2D eigenvalue weighted by atomic mass is 10.1. The van der Waals surface area contributed by atoms with Crippen molar-refractivity contribution in [3.8, 4) is 6.07 Å². The van der Waals surface area contributed by atoms with E-state index in [2.05, 4.69) is 6.07 Å². The first kappa shape index (κ1) is 19.2. The second-order valence-electron chi connectivity index (χ2n) is 6.81. The van der Waals surface area contributed by atoms with Crippen LogP contribution in [0.25, 0.3) is 0 Å². The summed E-state index contributed by atoms with van der Waals surface area (Å²) >= 11 is 0. The molecule has 1 heterocycles. The Bertz CT molecular complexity index is 805. The van der Waals surface area contributed by atoms with Crippen molar-refractivity contribution in [1.29, 1.82) is 5.26 Å². The molecule has 0 spiro atoms. The Hall–Kier alpha value is -2.11. The molecule has 1 amide bonds. The number of hydrogen-bond acceptors (Lipinski definition) is 6. The maximum Gasteiger partial charge on any atom is 0.411 e. The van der Waals surface area contributed by atoms with E-state index in [1.165, 1.54) is 24.1 Å². The third-order valence-corrected chi connectivity index (χ3v) is 5.40. The van der Waals surface area contributed by atoms with Gasteiger partial charge in [0.15, 0.2) is 9.84 Å². The van der Waals surface area contributed by atoms with Crippen LogP contribution < -0.4 is 0 Å². The van der Waals surface area contributed by atoms with Crippen molar-refractivity contribution in [3.05, 3.63) is 29.3 Å². The molecule has 2 rings (SSSR count). The van der Waals surface area contributed by atoms with Crippen LogP contribution in [-0.4, -0.2) is 44.5 Å². The van der Waals surface area contributed by atoms with Gasteiger partial charge in [-0.1, -0.05) is 6.07 Å². The van der Waals surface area contributed by atoms with E-state index in [1.54, 1.807) is 26.8 Å². The Morgan fingerprint density at radius 2 is 2.08 bits per heavy atom. The number of sulfone groups is 1. The molecular weight excluding hydrogens is 344 g/mol. The minimum atomic E-state index is -3.48. The first-order chi connectivity index (χ1) is 11.6. The molecule has 25 heavy (non-hydrogen) atoms. The third kappa shape index (κ3) is 4.30. The van der Waals surface area contributed by atoms with Gasteiger partial charge in [0.05, 0.1) is 29.9 Å². The van der Waals surface area contributed by atoms with Crippen molar-refractivity contribution in [2.45, 2.75) is 43.9 Å². The molecule has 0 saturated heterocycles. The summed E-state index contributed by atoms with van der Waals surface area (Å²) in [4.78, 5) is 13.8. The molecule has 8 heteroatoms.